The zero-order valence-electron chi connectivity index (χ0n) is 13.2. The van der Waals surface area contributed by atoms with Gasteiger partial charge in [0, 0.05) is 18.0 Å². The number of hydrogen-bond acceptors (Lipinski definition) is 3. The van der Waals surface area contributed by atoms with E-state index in [2.05, 4.69) is 5.32 Å². The molecule has 0 atom stereocenters. The predicted octanol–water partition coefficient (Wildman–Crippen LogP) is 3.29. The number of amides is 1. The number of halogens is 1. The largest absolute Gasteiger partial charge is 0.352 e. The van der Waals surface area contributed by atoms with Crippen LogP contribution < -0.4 is 5.32 Å². The quantitative estimate of drug-likeness (QED) is 0.801. The van der Waals surface area contributed by atoms with E-state index in [4.69, 9.17) is 11.6 Å². The maximum atomic E-state index is 12.1. The van der Waals surface area contributed by atoms with Gasteiger partial charge in [-0.1, -0.05) is 53.6 Å². The normalized spacial score (nSPS) is 11.6. The Labute approximate surface area is 147 Å². The van der Waals surface area contributed by atoms with Gasteiger partial charge in [-0.2, -0.15) is 0 Å². The third-order valence-corrected chi connectivity index (χ3v) is 5.28. The highest BCUT2D eigenvalue weighted by Gasteiger charge is 2.14. The van der Waals surface area contributed by atoms with Gasteiger partial charge in [0.1, 0.15) is 0 Å². The minimum absolute atomic E-state index is 0.0182. The number of sulfone groups is 1. The Bertz CT molecular complexity index is 843. The molecule has 0 aliphatic carbocycles. The summed E-state index contributed by atoms with van der Waals surface area (Å²) in [5.74, 6) is -0.460. The molecular formula is C18H18ClNO3S. The Morgan fingerprint density at radius 1 is 1.12 bits per heavy atom. The van der Waals surface area contributed by atoms with Crippen LogP contribution in [0.25, 0.3) is 0 Å². The zero-order valence-corrected chi connectivity index (χ0v) is 14.8. The van der Waals surface area contributed by atoms with Crippen molar-refractivity contribution < 1.29 is 13.2 Å². The first-order valence-electron chi connectivity index (χ1n) is 7.39. The third kappa shape index (κ3) is 5.22. The lowest BCUT2D eigenvalue weighted by Gasteiger charge is -2.04. The summed E-state index contributed by atoms with van der Waals surface area (Å²) in [6.45, 7) is 2.44. The standard InChI is InChI=1S/C18H18ClNO3S/c1-14-6-8-15(9-7-14)10-12-20-18(21)11-13-24(22,23)17-5-3-2-4-16(17)19/h2-9,11,13H,10,12H2,1H3,(H,20,21)/b13-11+. The average Bonchev–Trinajstić information content (AvgIpc) is 2.55. The van der Waals surface area contributed by atoms with Gasteiger partial charge in [0.15, 0.2) is 0 Å². The average molecular weight is 364 g/mol. The molecule has 2 aromatic rings. The lowest BCUT2D eigenvalue weighted by atomic mass is 10.1. The number of aryl methyl sites for hydroxylation is 1. The van der Waals surface area contributed by atoms with Crippen LogP contribution in [0.15, 0.2) is 64.9 Å². The van der Waals surface area contributed by atoms with Crippen LogP contribution in [0.4, 0.5) is 0 Å². The molecule has 0 saturated heterocycles. The highest BCUT2D eigenvalue weighted by Crippen LogP contribution is 2.22. The Morgan fingerprint density at radius 2 is 1.79 bits per heavy atom. The predicted molar refractivity (Wildman–Crippen MR) is 95.7 cm³/mol. The Balaban J connectivity index is 1.90. The maximum absolute atomic E-state index is 12.1. The third-order valence-electron chi connectivity index (χ3n) is 3.38. The molecule has 0 fully saturated rings. The van der Waals surface area contributed by atoms with Crippen molar-refractivity contribution in [2.75, 3.05) is 6.54 Å². The number of carbonyl (C=O) groups is 1. The van der Waals surface area contributed by atoms with Crippen LogP contribution in [0.3, 0.4) is 0 Å². The summed E-state index contributed by atoms with van der Waals surface area (Å²) < 4.78 is 24.3. The minimum Gasteiger partial charge on any atom is -0.352 e. The molecule has 0 aliphatic rings. The fraction of sp³-hybridized carbons (Fsp3) is 0.167. The van der Waals surface area contributed by atoms with Gasteiger partial charge < -0.3 is 5.32 Å². The number of rotatable bonds is 6. The molecule has 0 saturated carbocycles. The topological polar surface area (TPSA) is 63.2 Å². The molecule has 0 heterocycles. The van der Waals surface area contributed by atoms with E-state index in [9.17, 15) is 13.2 Å². The first-order valence-corrected chi connectivity index (χ1v) is 9.32. The van der Waals surface area contributed by atoms with E-state index in [0.29, 0.717) is 13.0 Å². The second-order valence-electron chi connectivity index (χ2n) is 5.30. The fourth-order valence-corrected chi connectivity index (χ4v) is 3.56. The molecule has 0 aromatic heterocycles. The molecule has 1 N–H and O–H groups in total. The molecule has 6 heteroatoms. The summed E-state index contributed by atoms with van der Waals surface area (Å²) in [6, 6.07) is 14.1. The van der Waals surface area contributed by atoms with Crippen LogP contribution in [0.1, 0.15) is 11.1 Å². The van der Waals surface area contributed by atoms with Crippen LogP contribution in [0.5, 0.6) is 0 Å². The minimum atomic E-state index is -3.74. The number of carbonyl (C=O) groups excluding carboxylic acids is 1. The van der Waals surface area contributed by atoms with E-state index < -0.39 is 15.7 Å². The monoisotopic (exact) mass is 363 g/mol. The zero-order chi connectivity index (χ0) is 17.6. The Hall–Kier alpha value is -2.11. The second-order valence-corrected chi connectivity index (χ2v) is 7.51. The van der Waals surface area contributed by atoms with Crippen molar-refractivity contribution in [2.45, 2.75) is 18.2 Å². The summed E-state index contributed by atoms with van der Waals surface area (Å²) in [5.41, 5.74) is 2.28. The van der Waals surface area contributed by atoms with E-state index in [-0.39, 0.29) is 9.92 Å². The molecule has 0 unspecified atom stereocenters. The highest BCUT2D eigenvalue weighted by molar-refractivity contribution is 7.94. The summed E-state index contributed by atoms with van der Waals surface area (Å²) in [7, 11) is -3.74. The number of benzene rings is 2. The summed E-state index contributed by atoms with van der Waals surface area (Å²) in [6.07, 6.45) is 1.69. The lowest BCUT2D eigenvalue weighted by Crippen LogP contribution is -2.23. The van der Waals surface area contributed by atoms with Crippen LogP contribution in [-0.2, 0) is 21.1 Å². The van der Waals surface area contributed by atoms with Crippen molar-refractivity contribution in [3.8, 4) is 0 Å². The van der Waals surface area contributed by atoms with Crippen molar-refractivity contribution >= 4 is 27.3 Å². The van der Waals surface area contributed by atoms with Crippen molar-refractivity contribution in [2.24, 2.45) is 0 Å². The summed E-state index contributed by atoms with van der Waals surface area (Å²) in [4.78, 5) is 11.7. The Morgan fingerprint density at radius 3 is 2.46 bits per heavy atom. The van der Waals surface area contributed by atoms with Gasteiger partial charge in [0.05, 0.1) is 9.92 Å². The highest BCUT2D eigenvalue weighted by atomic mass is 35.5. The molecule has 2 aromatic carbocycles. The molecule has 0 spiro atoms. The molecule has 2 rings (SSSR count). The summed E-state index contributed by atoms with van der Waals surface area (Å²) in [5, 5.41) is 3.66. The SMILES string of the molecule is Cc1ccc(CCNC(=O)/C=C/S(=O)(=O)c2ccccc2Cl)cc1. The van der Waals surface area contributed by atoms with Gasteiger partial charge in [-0.3, -0.25) is 4.79 Å². The molecule has 1 amide bonds. The van der Waals surface area contributed by atoms with Gasteiger partial charge >= 0.3 is 0 Å². The van der Waals surface area contributed by atoms with Gasteiger partial charge in [0.2, 0.25) is 15.7 Å². The first-order chi connectivity index (χ1) is 11.4. The van der Waals surface area contributed by atoms with Crippen molar-refractivity contribution in [3.05, 3.63) is 76.2 Å². The van der Waals surface area contributed by atoms with E-state index in [1.54, 1.807) is 12.1 Å². The maximum Gasteiger partial charge on any atom is 0.244 e. The second kappa shape index (κ2) is 8.13. The molecule has 24 heavy (non-hydrogen) atoms. The number of hydrogen-bond donors (Lipinski definition) is 1. The van der Waals surface area contributed by atoms with Crippen LogP contribution in [0, 0.1) is 6.92 Å². The molecule has 126 valence electrons. The van der Waals surface area contributed by atoms with E-state index in [0.717, 1.165) is 17.0 Å². The molecule has 0 radical (unpaired) electrons. The van der Waals surface area contributed by atoms with Crippen molar-refractivity contribution in [3.63, 3.8) is 0 Å². The molecule has 0 bridgehead atoms. The fourth-order valence-electron chi connectivity index (χ4n) is 2.04. The van der Waals surface area contributed by atoms with E-state index in [1.807, 2.05) is 31.2 Å². The molecular weight excluding hydrogens is 346 g/mol. The van der Waals surface area contributed by atoms with Crippen LogP contribution >= 0.6 is 11.6 Å². The summed E-state index contributed by atoms with van der Waals surface area (Å²) >= 11 is 5.87. The van der Waals surface area contributed by atoms with Gasteiger partial charge in [-0.05, 0) is 31.0 Å². The van der Waals surface area contributed by atoms with Crippen LogP contribution in [-0.4, -0.2) is 20.9 Å². The smallest absolute Gasteiger partial charge is 0.244 e. The van der Waals surface area contributed by atoms with E-state index >= 15 is 0 Å². The molecule has 0 aliphatic heterocycles. The van der Waals surface area contributed by atoms with E-state index in [1.165, 1.54) is 17.7 Å². The lowest BCUT2D eigenvalue weighted by molar-refractivity contribution is -0.116. The van der Waals surface area contributed by atoms with Crippen molar-refractivity contribution in [1.29, 1.82) is 0 Å². The first kappa shape index (κ1) is 18.2. The van der Waals surface area contributed by atoms with Gasteiger partial charge in [0.25, 0.3) is 0 Å². The molecule has 4 nitrogen and oxygen atoms in total. The van der Waals surface area contributed by atoms with Gasteiger partial charge in [-0.25, -0.2) is 8.42 Å². The Kier molecular flexibility index (Phi) is 6.17. The number of nitrogens with one attached hydrogen (secondary N) is 1. The van der Waals surface area contributed by atoms with Crippen LogP contribution in [0.2, 0.25) is 5.02 Å². The van der Waals surface area contributed by atoms with Gasteiger partial charge in [-0.15, -0.1) is 0 Å². The van der Waals surface area contributed by atoms with Crippen molar-refractivity contribution in [1.82, 2.24) is 5.32 Å².